The molecule has 1 amide bonds. The third-order valence-corrected chi connectivity index (χ3v) is 13.7. The molecular weight excluding hydrogens is 1030 g/mol. The number of hydrogen-bond acceptors (Lipinski definition) is 13. The molecule has 2 aliphatic rings. The number of allylic oxidation sites excluding steroid dienone is 23. The van der Waals surface area contributed by atoms with Crippen molar-refractivity contribution in [3.05, 3.63) is 146 Å². The van der Waals surface area contributed by atoms with E-state index >= 15 is 0 Å². The molecule has 2 aliphatic heterocycles. The first-order chi connectivity index (χ1) is 39.6. The van der Waals surface area contributed by atoms with Crippen molar-refractivity contribution >= 4 is 5.91 Å². The summed E-state index contributed by atoms with van der Waals surface area (Å²) >= 11 is 0. The first kappa shape index (κ1) is 73.0. The van der Waals surface area contributed by atoms with Crippen molar-refractivity contribution in [2.24, 2.45) is 0 Å². The highest BCUT2D eigenvalue weighted by Crippen LogP contribution is 2.30. The van der Waals surface area contributed by atoms with Gasteiger partial charge in [0.2, 0.25) is 5.91 Å². The minimum atomic E-state index is -1.80. The zero-order valence-electron chi connectivity index (χ0n) is 49.2. The maximum atomic E-state index is 13.3. The van der Waals surface area contributed by atoms with E-state index in [4.69, 9.17) is 18.9 Å². The molecule has 0 radical (unpaired) electrons. The maximum Gasteiger partial charge on any atom is 0.220 e. The Labute approximate surface area is 487 Å². The molecule has 2 saturated heterocycles. The van der Waals surface area contributed by atoms with Crippen LogP contribution in [0.1, 0.15) is 174 Å². The Morgan fingerprint density at radius 1 is 0.457 bits per heavy atom. The molecule has 14 nitrogen and oxygen atoms in total. The second-order valence-corrected chi connectivity index (χ2v) is 20.7. The van der Waals surface area contributed by atoms with Gasteiger partial charge in [-0.15, -0.1) is 0 Å². The number of carbonyl (C=O) groups is 1. The second kappa shape index (κ2) is 50.4. The fourth-order valence-electron chi connectivity index (χ4n) is 8.84. The molecule has 2 fully saturated rings. The van der Waals surface area contributed by atoms with Crippen LogP contribution in [0.4, 0.5) is 0 Å². The number of rotatable bonds is 46. The Bertz CT molecular complexity index is 1910. The molecule has 0 aromatic carbocycles. The molecule has 0 bridgehead atoms. The Kier molecular flexibility index (Phi) is 45.4. The summed E-state index contributed by atoms with van der Waals surface area (Å²) < 4.78 is 22.7. The van der Waals surface area contributed by atoms with E-state index in [1.807, 2.05) is 6.08 Å². The van der Waals surface area contributed by atoms with Crippen LogP contribution in [-0.2, 0) is 23.7 Å². The number of aliphatic hydroxyl groups excluding tert-OH is 8. The summed E-state index contributed by atoms with van der Waals surface area (Å²) in [4.78, 5) is 13.3. The van der Waals surface area contributed by atoms with Crippen molar-refractivity contribution in [3.8, 4) is 0 Å². The van der Waals surface area contributed by atoms with Crippen LogP contribution >= 0.6 is 0 Å². The Hall–Kier alpha value is -4.13. The van der Waals surface area contributed by atoms with E-state index in [0.717, 1.165) is 103 Å². The summed E-state index contributed by atoms with van der Waals surface area (Å²) in [6.45, 7) is 2.59. The predicted octanol–water partition coefficient (Wildman–Crippen LogP) is 10.9. The van der Waals surface area contributed by atoms with Crippen LogP contribution in [0.3, 0.4) is 0 Å². The van der Waals surface area contributed by atoms with Crippen LogP contribution in [0.5, 0.6) is 0 Å². The van der Waals surface area contributed by atoms with E-state index in [0.29, 0.717) is 12.8 Å². The number of ether oxygens (including phenoxy) is 4. The highest BCUT2D eigenvalue weighted by atomic mass is 16.7. The molecule has 12 unspecified atom stereocenters. The largest absolute Gasteiger partial charge is 0.394 e. The monoisotopic (exact) mass is 1130 g/mol. The van der Waals surface area contributed by atoms with Crippen molar-refractivity contribution in [1.29, 1.82) is 0 Å². The molecule has 0 saturated carbocycles. The van der Waals surface area contributed by atoms with Gasteiger partial charge in [-0.2, -0.15) is 0 Å². The molecule has 0 aromatic heterocycles. The summed E-state index contributed by atoms with van der Waals surface area (Å²) in [7, 11) is 0. The minimum absolute atomic E-state index is 0.219. The van der Waals surface area contributed by atoms with Crippen molar-refractivity contribution in [2.45, 2.75) is 248 Å². The van der Waals surface area contributed by atoms with Crippen LogP contribution in [0, 0.1) is 0 Å². The molecule has 81 heavy (non-hydrogen) atoms. The van der Waals surface area contributed by atoms with Gasteiger partial charge >= 0.3 is 0 Å². The van der Waals surface area contributed by atoms with Gasteiger partial charge in [-0.05, 0) is 116 Å². The summed E-state index contributed by atoms with van der Waals surface area (Å²) in [5.74, 6) is -0.293. The standard InChI is InChI=1S/C67H107NO13/c1-3-5-7-9-11-13-15-17-19-21-22-23-24-25-26-27-28-29-30-31-32-33-34-35-37-39-41-43-45-47-49-51-59(72)68-55(56(71)50-48-46-44-42-40-38-36-20-18-16-14-12-10-8-6-4-2)54-78-66-64(77)62(75)65(58(53-70)80-66)81-67-63(76)61(74)60(73)57(52-69)79-67/h5,7,11,13,17-20,22-23,25-26,28-29,31-32,34-35,39-42,48,50,55-58,60-67,69-71,73-77H,3-4,6,8-10,12,14-16,21,24,27,30,33,36-38,43-47,49,51-54H2,1-2H3,(H,68,72)/b7-5-,13-11-,19-17-,20-18+,23-22-,26-25-,29-28-,32-31-,35-34-,41-39-,42-40+,50-48+. The van der Waals surface area contributed by atoms with Gasteiger partial charge in [0, 0.05) is 6.42 Å². The Morgan fingerprint density at radius 2 is 0.864 bits per heavy atom. The molecular formula is C67H107NO13. The summed E-state index contributed by atoms with van der Waals surface area (Å²) in [6, 6.07) is -0.968. The van der Waals surface area contributed by atoms with Crippen LogP contribution in [0.2, 0.25) is 0 Å². The molecule has 0 aromatic rings. The van der Waals surface area contributed by atoms with E-state index in [-0.39, 0.29) is 18.9 Å². The van der Waals surface area contributed by atoms with Crippen molar-refractivity contribution in [2.75, 3.05) is 19.8 Å². The zero-order chi connectivity index (χ0) is 58.8. The normalized spacial score (nSPS) is 25.2. The Balaban J connectivity index is 1.77. The quantitative estimate of drug-likeness (QED) is 0.0204. The van der Waals surface area contributed by atoms with E-state index in [1.54, 1.807) is 6.08 Å². The van der Waals surface area contributed by atoms with Gasteiger partial charge in [-0.25, -0.2) is 0 Å². The first-order valence-electron chi connectivity index (χ1n) is 30.6. The summed E-state index contributed by atoms with van der Waals surface area (Å²) in [6.07, 6.45) is 58.8. The predicted molar refractivity (Wildman–Crippen MR) is 327 cm³/mol. The lowest BCUT2D eigenvalue weighted by molar-refractivity contribution is -0.359. The van der Waals surface area contributed by atoms with Crippen LogP contribution < -0.4 is 5.32 Å². The molecule has 0 spiro atoms. The second-order valence-electron chi connectivity index (χ2n) is 20.7. The number of hydrogen-bond donors (Lipinski definition) is 9. The van der Waals surface area contributed by atoms with Crippen molar-refractivity contribution < 1.29 is 64.6 Å². The molecule has 2 rings (SSSR count). The number of aliphatic hydroxyl groups is 8. The molecule has 458 valence electrons. The third-order valence-electron chi connectivity index (χ3n) is 13.7. The lowest BCUT2D eigenvalue weighted by Crippen LogP contribution is -2.65. The number of amides is 1. The van der Waals surface area contributed by atoms with Gasteiger partial charge < -0.3 is 65.1 Å². The van der Waals surface area contributed by atoms with Crippen LogP contribution in [0.25, 0.3) is 0 Å². The SMILES string of the molecule is CC/C=C\C/C=C\C/C=C\C/C=C\C/C=C\C/C=C\C/C=C\C/C=C\C/C=C\CCCCCC(=O)NC(COC1OC(CO)C(OC2OC(CO)C(O)C(O)C2O)C(O)C1O)C(O)/C=C/CC/C=C/CC/C=C/CCCCCCCC. The highest BCUT2D eigenvalue weighted by Gasteiger charge is 2.51. The van der Waals surface area contributed by atoms with Crippen LogP contribution in [0.15, 0.2) is 146 Å². The van der Waals surface area contributed by atoms with Gasteiger partial charge in [-0.3, -0.25) is 4.79 Å². The van der Waals surface area contributed by atoms with Gasteiger partial charge in [0.15, 0.2) is 12.6 Å². The average Bonchev–Trinajstić information content (AvgIpc) is 3.47. The molecule has 9 N–H and O–H groups in total. The molecule has 0 aliphatic carbocycles. The minimum Gasteiger partial charge on any atom is -0.394 e. The van der Waals surface area contributed by atoms with Gasteiger partial charge in [0.25, 0.3) is 0 Å². The van der Waals surface area contributed by atoms with Crippen molar-refractivity contribution in [1.82, 2.24) is 5.32 Å². The molecule has 2 heterocycles. The molecule has 14 heteroatoms. The number of carbonyl (C=O) groups excluding carboxylic acids is 1. The average molecular weight is 1130 g/mol. The van der Waals surface area contributed by atoms with Gasteiger partial charge in [-0.1, -0.05) is 198 Å². The first-order valence-corrected chi connectivity index (χ1v) is 30.6. The zero-order valence-corrected chi connectivity index (χ0v) is 49.2. The molecule has 12 atom stereocenters. The Morgan fingerprint density at radius 3 is 1.36 bits per heavy atom. The fourth-order valence-corrected chi connectivity index (χ4v) is 8.84. The maximum absolute atomic E-state index is 13.3. The smallest absolute Gasteiger partial charge is 0.220 e. The van der Waals surface area contributed by atoms with Crippen molar-refractivity contribution in [3.63, 3.8) is 0 Å². The summed E-state index contributed by atoms with van der Waals surface area (Å²) in [5.41, 5.74) is 0. The topological polar surface area (TPSA) is 228 Å². The van der Waals surface area contributed by atoms with E-state index in [1.165, 1.54) is 38.5 Å². The lowest BCUT2D eigenvalue weighted by Gasteiger charge is -2.46. The van der Waals surface area contributed by atoms with Gasteiger partial charge in [0.05, 0.1) is 32.0 Å². The lowest BCUT2D eigenvalue weighted by atomic mass is 9.97. The van der Waals surface area contributed by atoms with E-state index in [2.05, 4.69) is 153 Å². The fraction of sp³-hybridized carbons (Fsp3) is 0.627. The highest BCUT2D eigenvalue weighted by molar-refractivity contribution is 5.76. The number of nitrogens with one attached hydrogen (secondary N) is 1. The van der Waals surface area contributed by atoms with E-state index in [9.17, 15) is 45.6 Å². The number of unbranched alkanes of at least 4 members (excludes halogenated alkanes) is 11. The summed E-state index contributed by atoms with van der Waals surface area (Å²) in [5, 5.41) is 87.0. The third kappa shape index (κ3) is 35.6. The van der Waals surface area contributed by atoms with Crippen LogP contribution in [-0.4, -0.2) is 140 Å². The van der Waals surface area contributed by atoms with E-state index < -0.39 is 86.8 Å². The van der Waals surface area contributed by atoms with Gasteiger partial charge in [0.1, 0.15) is 48.8 Å².